The van der Waals surface area contributed by atoms with Crippen LogP contribution in [0.25, 0.3) is 38.9 Å². The number of nitrogens with zero attached hydrogens (tertiary/aromatic N) is 5. The molecule has 6 rings (SSSR count). The van der Waals surface area contributed by atoms with E-state index in [1.807, 2.05) is 60.9 Å². The van der Waals surface area contributed by atoms with Gasteiger partial charge in [0.2, 0.25) is 6.79 Å². The third-order valence-corrected chi connectivity index (χ3v) is 6.13. The molecule has 5 aromatic rings. The zero-order valence-electron chi connectivity index (χ0n) is 18.0. The summed E-state index contributed by atoms with van der Waals surface area (Å²) in [7, 11) is 0. The normalized spacial score (nSPS) is 14.0. The predicted molar refractivity (Wildman–Crippen MR) is 122 cm³/mol. The van der Waals surface area contributed by atoms with E-state index in [2.05, 4.69) is 6.92 Å². The van der Waals surface area contributed by atoms with Crippen molar-refractivity contribution in [3.63, 3.8) is 0 Å². The Morgan fingerprint density at radius 1 is 1.00 bits per heavy atom. The maximum Gasteiger partial charge on any atom is 0.265 e. The van der Waals surface area contributed by atoms with E-state index >= 15 is 0 Å². The van der Waals surface area contributed by atoms with Crippen LogP contribution in [0.2, 0.25) is 0 Å². The molecule has 0 N–H and O–H groups in total. The molecular weight excluding hydrogens is 406 g/mol. The first kappa shape index (κ1) is 18.8. The van der Waals surface area contributed by atoms with Crippen molar-refractivity contribution in [3.8, 4) is 17.2 Å². The van der Waals surface area contributed by atoms with Gasteiger partial charge >= 0.3 is 0 Å². The summed E-state index contributed by atoms with van der Waals surface area (Å²) >= 11 is 0. The molecular formula is C24H21N5O3. The van der Waals surface area contributed by atoms with E-state index in [0.717, 1.165) is 23.1 Å². The lowest BCUT2D eigenvalue weighted by Gasteiger charge is -2.16. The Labute approximate surface area is 183 Å². The van der Waals surface area contributed by atoms with Crippen molar-refractivity contribution in [1.82, 2.24) is 24.1 Å². The van der Waals surface area contributed by atoms with Gasteiger partial charge in [-0.2, -0.15) is 0 Å². The van der Waals surface area contributed by atoms with Crippen molar-refractivity contribution < 1.29 is 9.47 Å². The second-order valence-corrected chi connectivity index (χ2v) is 8.05. The van der Waals surface area contributed by atoms with Gasteiger partial charge in [0.1, 0.15) is 16.7 Å². The van der Waals surface area contributed by atoms with Crippen LogP contribution in [0.3, 0.4) is 0 Å². The van der Waals surface area contributed by atoms with Crippen LogP contribution >= 0.6 is 0 Å². The maximum atomic E-state index is 13.7. The number of fused-ring (bicyclic) bond motifs is 5. The van der Waals surface area contributed by atoms with E-state index in [9.17, 15) is 4.79 Å². The van der Waals surface area contributed by atoms with Gasteiger partial charge in [-0.05, 0) is 44.5 Å². The molecule has 1 aliphatic rings. The summed E-state index contributed by atoms with van der Waals surface area (Å²) in [5.74, 6) is 2.00. The molecule has 0 spiro atoms. The van der Waals surface area contributed by atoms with Crippen LogP contribution in [0.15, 0.2) is 47.3 Å². The first-order chi connectivity index (χ1) is 15.6. The van der Waals surface area contributed by atoms with E-state index in [0.29, 0.717) is 39.5 Å². The van der Waals surface area contributed by atoms with Gasteiger partial charge in [-0.25, -0.2) is 15.0 Å². The van der Waals surface area contributed by atoms with E-state index in [-0.39, 0.29) is 18.4 Å². The first-order valence-corrected chi connectivity index (χ1v) is 10.7. The van der Waals surface area contributed by atoms with Gasteiger partial charge in [-0.3, -0.25) is 13.9 Å². The highest BCUT2D eigenvalue weighted by Gasteiger charge is 2.24. The number of ether oxygens (including phenoxy) is 2. The molecule has 8 nitrogen and oxygen atoms in total. The molecule has 32 heavy (non-hydrogen) atoms. The molecule has 8 heteroatoms. The Kier molecular flexibility index (Phi) is 3.98. The van der Waals surface area contributed by atoms with Gasteiger partial charge in [0.15, 0.2) is 22.8 Å². The monoisotopic (exact) mass is 427 g/mol. The Balaban J connectivity index is 1.79. The van der Waals surface area contributed by atoms with Crippen molar-refractivity contribution in [2.75, 3.05) is 6.79 Å². The summed E-state index contributed by atoms with van der Waals surface area (Å²) in [6.45, 7) is 6.14. The maximum absolute atomic E-state index is 13.7. The molecule has 1 aliphatic heterocycles. The Bertz CT molecular complexity index is 1600. The zero-order valence-corrected chi connectivity index (χ0v) is 18.0. The third-order valence-electron chi connectivity index (χ3n) is 6.13. The second-order valence-electron chi connectivity index (χ2n) is 8.05. The van der Waals surface area contributed by atoms with Crippen molar-refractivity contribution in [1.29, 1.82) is 0 Å². The average Bonchev–Trinajstić information content (AvgIpc) is 3.38. The Morgan fingerprint density at radius 2 is 1.75 bits per heavy atom. The number of hydrogen-bond donors (Lipinski definition) is 0. The van der Waals surface area contributed by atoms with Crippen molar-refractivity contribution in [2.45, 2.75) is 33.2 Å². The fourth-order valence-electron chi connectivity index (χ4n) is 4.38. The van der Waals surface area contributed by atoms with Crippen LogP contribution in [-0.4, -0.2) is 30.9 Å². The number of para-hydroxylation sites is 2. The quantitative estimate of drug-likeness (QED) is 0.427. The SMILES string of the molecule is CC[C@@H](C)n1c(C)nc2c(c1=O)c1nc3ccccc3nc1n2-c1ccc2c(c1)OCO2. The summed E-state index contributed by atoms with van der Waals surface area (Å²) in [5, 5.41) is 0.474. The van der Waals surface area contributed by atoms with Crippen molar-refractivity contribution >= 4 is 33.2 Å². The Hall–Kier alpha value is -3.94. The standard InChI is InChI=1S/C24H21N5O3/c1-4-13(2)28-14(3)25-22-20(24(28)30)21-23(27-17-8-6-5-7-16(17)26-21)29(22)15-9-10-18-19(11-15)32-12-31-18/h5-11,13H,4,12H2,1-3H3/t13-/m1/s1. The summed E-state index contributed by atoms with van der Waals surface area (Å²) in [6.07, 6.45) is 0.823. The van der Waals surface area contributed by atoms with E-state index in [1.54, 1.807) is 4.57 Å². The van der Waals surface area contributed by atoms with Gasteiger partial charge in [0, 0.05) is 12.1 Å². The minimum Gasteiger partial charge on any atom is -0.454 e. The van der Waals surface area contributed by atoms with Gasteiger partial charge < -0.3 is 9.47 Å². The van der Waals surface area contributed by atoms with Crippen LogP contribution in [0.4, 0.5) is 0 Å². The smallest absolute Gasteiger partial charge is 0.265 e. The molecule has 4 heterocycles. The molecule has 0 fully saturated rings. The zero-order chi connectivity index (χ0) is 22.0. The molecule has 160 valence electrons. The molecule has 3 aromatic heterocycles. The molecule has 2 aromatic carbocycles. The molecule has 0 unspecified atom stereocenters. The number of aromatic nitrogens is 5. The number of benzene rings is 2. The van der Waals surface area contributed by atoms with Crippen LogP contribution in [-0.2, 0) is 0 Å². The predicted octanol–water partition coefficient (Wildman–Crippen LogP) is 4.29. The number of hydrogen-bond acceptors (Lipinski definition) is 6. The van der Waals surface area contributed by atoms with Gasteiger partial charge in [-0.1, -0.05) is 19.1 Å². The molecule has 0 saturated carbocycles. The highest BCUT2D eigenvalue weighted by Crippen LogP contribution is 2.36. The fraction of sp³-hybridized carbons (Fsp3) is 0.250. The van der Waals surface area contributed by atoms with Crippen LogP contribution in [0.1, 0.15) is 32.1 Å². The minimum absolute atomic E-state index is 0.0248. The number of rotatable bonds is 3. The van der Waals surface area contributed by atoms with Gasteiger partial charge in [-0.15, -0.1) is 0 Å². The highest BCUT2D eigenvalue weighted by molar-refractivity contribution is 6.05. The van der Waals surface area contributed by atoms with Gasteiger partial charge in [0.25, 0.3) is 5.56 Å². The van der Waals surface area contributed by atoms with Crippen LogP contribution in [0.5, 0.6) is 11.5 Å². The van der Waals surface area contributed by atoms with E-state index in [1.165, 1.54) is 0 Å². The number of aryl methyl sites for hydroxylation is 1. The van der Waals surface area contributed by atoms with Crippen molar-refractivity contribution in [2.24, 2.45) is 0 Å². The summed E-state index contributed by atoms with van der Waals surface area (Å²) in [6, 6.07) is 13.3. The molecule has 0 bridgehead atoms. The van der Waals surface area contributed by atoms with E-state index < -0.39 is 0 Å². The molecule has 1 atom stereocenters. The second kappa shape index (κ2) is 6.78. The Morgan fingerprint density at radius 3 is 2.53 bits per heavy atom. The summed E-state index contributed by atoms with van der Waals surface area (Å²) < 4.78 is 14.7. The molecule has 0 aliphatic carbocycles. The average molecular weight is 427 g/mol. The lowest BCUT2D eigenvalue weighted by atomic mass is 10.2. The van der Waals surface area contributed by atoms with Crippen LogP contribution in [0, 0.1) is 6.92 Å². The molecule has 0 amide bonds. The first-order valence-electron chi connectivity index (χ1n) is 10.7. The van der Waals surface area contributed by atoms with Crippen molar-refractivity contribution in [3.05, 3.63) is 58.6 Å². The molecule has 0 radical (unpaired) electrons. The third kappa shape index (κ3) is 2.55. The van der Waals surface area contributed by atoms with Crippen LogP contribution < -0.4 is 15.0 Å². The largest absolute Gasteiger partial charge is 0.454 e. The fourth-order valence-corrected chi connectivity index (χ4v) is 4.38. The summed E-state index contributed by atoms with van der Waals surface area (Å²) in [4.78, 5) is 28.3. The summed E-state index contributed by atoms with van der Waals surface area (Å²) in [5.41, 5.74) is 3.84. The van der Waals surface area contributed by atoms with Gasteiger partial charge in [0.05, 0.1) is 16.7 Å². The topological polar surface area (TPSA) is 84.1 Å². The molecule has 0 saturated heterocycles. The lowest BCUT2D eigenvalue weighted by molar-refractivity contribution is 0.174. The highest BCUT2D eigenvalue weighted by atomic mass is 16.7. The minimum atomic E-state index is -0.101. The lowest BCUT2D eigenvalue weighted by Crippen LogP contribution is -2.26. The van der Waals surface area contributed by atoms with E-state index in [4.69, 9.17) is 24.4 Å².